The smallest absolute Gasteiger partial charge is 0.255 e. The summed E-state index contributed by atoms with van der Waals surface area (Å²) in [5.41, 5.74) is 1.43. The number of aromatic nitrogens is 5. The van der Waals surface area contributed by atoms with E-state index in [9.17, 15) is 0 Å². The van der Waals surface area contributed by atoms with Gasteiger partial charge in [0.25, 0.3) is 5.95 Å². The lowest BCUT2D eigenvalue weighted by molar-refractivity contribution is 0.824. The van der Waals surface area contributed by atoms with Crippen molar-refractivity contribution >= 4 is 22.6 Å². The van der Waals surface area contributed by atoms with E-state index in [1.165, 1.54) is 0 Å². The van der Waals surface area contributed by atoms with Crippen LogP contribution in [0.4, 0.5) is 0 Å². The molecule has 0 radical (unpaired) electrons. The van der Waals surface area contributed by atoms with Gasteiger partial charge in [-0.25, -0.2) is 9.97 Å². The molecule has 86 valence electrons. The maximum absolute atomic E-state index is 5.85. The van der Waals surface area contributed by atoms with Gasteiger partial charge in [0.05, 0.1) is 5.52 Å². The highest BCUT2D eigenvalue weighted by molar-refractivity contribution is 6.31. The van der Waals surface area contributed by atoms with Gasteiger partial charge in [0.1, 0.15) is 11.8 Å². The van der Waals surface area contributed by atoms with Crippen LogP contribution in [-0.4, -0.2) is 30.2 Å². The van der Waals surface area contributed by atoms with E-state index in [4.69, 9.17) is 11.6 Å². The van der Waals surface area contributed by atoms with Crippen molar-refractivity contribution < 1.29 is 5.48 Å². The summed E-state index contributed by atoms with van der Waals surface area (Å²) < 4.78 is 1.70. The van der Waals surface area contributed by atoms with Crippen LogP contribution in [0.1, 0.15) is 0 Å². The van der Waals surface area contributed by atoms with Crippen molar-refractivity contribution in [2.45, 2.75) is 0 Å². The molecule has 0 spiro atoms. The molecule has 0 amide bonds. The van der Waals surface area contributed by atoms with Gasteiger partial charge in [0.15, 0.2) is 0 Å². The maximum atomic E-state index is 5.85. The minimum absolute atomic E-state index is 0. The van der Waals surface area contributed by atoms with E-state index in [-0.39, 0.29) is 5.48 Å². The van der Waals surface area contributed by atoms with Crippen molar-refractivity contribution in [2.75, 3.05) is 0 Å². The minimum Gasteiger partial charge on any atom is -0.412 e. The fourth-order valence-corrected chi connectivity index (χ4v) is 1.55. The summed E-state index contributed by atoms with van der Waals surface area (Å²) >= 11 is 5.85. The average molecular weight is 250 g/mol. The number of imidazole rings is 1. The van der Waals surface area contributed by atoms with Gasteiger partial charge in [-0.1, -0.05) is 11.6 Å². The average Bonchev–Trinajstić information content (AvgIpc) is 2.82. The van der Waals surface area contributed by atoms with Gasteiger partial charge in [0, 0.05) is 17.4 Å². The molecule has 3 rings (SSSR count). The van der Waals surface area contributed by atoms with Crippen LogP contribution in [-0.2, 0) is 0 Å². The van der Waals surface area contributed by atoms with E-state index in [0.717, 1.165) is 5.52 Å². The van der Waals surface area contributed by atoms with Crippen molar-refractivity contribution in [3.63, 3.8) is 0 Å². The van der Waals surface area contributed by atoms with Crippen LogP contribution in [0.2, 0.25) is 5.02 Å². The second-order valence-electron chi connectivity index (χ2n) is 3.21. The van der Waals surface area contributed by atoms with E-state index in [1.807, 2.05) is 6.07 Å². The van der Waals surface area contributed by atoms with Gasteiger partial charge in [-0.05, 0) is 18.2 Å². The highest BCUT2D eigenvalue weighted by Gasteiger charge is 2.03. The molecule has 2 N–H and O–H groups in total. The van der Waals surface area contributed by atoms with Gasteiger partial charge >= 0.3 is 0 Å². The van der Waals surface area contributed by atoms with Gasteiger partial charge in [-0.15, -0.1) is 10.2 Å². The van der Waals surface area contributed by atoms with Crippen LogP contribution in [0.15, 0.2) is 36.9 Å². The van der Waals surface area contributed by atoms with Gasteiger partial charge < -0.3 is 5.48 Å². The summed E-state index contributed by atoms with van der Waals surface area (Å²) in [6.45, 7) is 0. The molecule has 6 nitrogen and oxygen atoms in total. The lowest BCUT2D eigenvalue weighted by Gasteiger charge is -2.00. The molecular formula is C10H8ClN5O. The van der Waals surface area contributed by atoms with E-state index < -0.39 is 0 Å². The molecule has 1 aromatic carbocycles. The molecule has 17 heavy (non-hydrogen) atoms. The Morgan fingerprint density at radius 2 is 2.00 bits per heavy atom. The lowest BCUT2D eigenvalue weighted by atomic mass is 10.3. The zero-order valence-corrected chi connectivity index (χ0v) is 9.33. The zero-order valence-electron chi connectivity index (χ0n) is 8.58. The van der Waals surface area contributed by atoms with Crippen LogP contribution in [0.3, 0.4) is 0 Å². The summed E-state index contributed by atoms with van der Waals surface area (Å²) in [4.78, 5) is 8.28. The van der Waals surface area contributed by atoms with E-state index in [1.54, 1.807) is 35.4 Å². The summed E-state index contributed by atoms with van der Waals surface area (Å²) in [6, 6.07) is 5.32. The van der Waals surface area contributed by atoms with Crippen molar-refractivity contribution in [2.24, 2.45) is 0 Å². The Hall–Kier alpha value is -2.05. The molecule has 0 bridgehead atoms. The van der Waals surface area contributed by atoms with Crippen LogP contribution >= 0.6 is 11.6 Å². The molecular weight excluding hydrogens is 242 g/mol. The zero-order chi connectivity index (χ0) is 11.0. The van der Waals surface area contributed by atoms with Crippen molar-refractivity contribution in [3.05, 3.63) is 41.9 Å². The number of nitrogens with zero attached hydrogens (tertiary/aromatic N) is 5. The summed E-state index contributed by atoms with van der Waals surface area (Å²) in [6.07, 6.45) is 5.05. The van der Waals surface area contributed by atoms with Crippen LogP contribution < -0.4 is 0 Å². The molecule has 7 heteroatoms. The highest BCUT2D eigenvalue weighted by atomic mass is 35.5. The molecule has 0 aliphatic heterocycles. The fourth-order valence-electron chi connectivity index (χ4n) is 1.39. The molecule has 0 fully saturated rings. The standard InChI is InChI=1S/C10H6ClN5.H2O/c11-7-1-2-8-9(5-7)14-15-10(13-8)16-4-3-12-6-16;/h1-6H;1H2. The number of benzene rings is 1. The first-order valence-corrected chi connectivity index (χ1v) is 4.99. The Balaban J connectivity index is 0.00000108. The molecule has 2 aromatic heterocycles. The highest BCUT2D eigenvalue weighted by Crippen LogP contribution is 2.15. The Morgan fingerprint density at radius 1 is 1.12 bits per heavy atom. The van der Waals surface area contributed by atoms with Crippen LogP contribution in [0, 0.1) is 0 Å². The predicted octanol–water partition coefficient (Wildman–Crippen LogP) is 1.04. The Morgan fingerprint density at radius 3 is 2.76 bits per heavy atom. The van der Waals surface area contributed by atoms with Crippen LogP contribution in [0.25, 0.3) is 17.0 Å². The number of halogens is 1. The summed E-state index contributed by atoms with van der Waals surface area (Å²) in [7, 11) is 0. The normalized spacial score (nSPS) is 10.2. The van der Waals surface area contributed by atoms with Crippen molar-refractivity contribution in [1.29, 1.82) is 0 Å². The largest absolute Gasteiger partial charge is 0.412 e. The maximum Gasteiger partial charge on any atom is 0.255 e. The van der Waals surface area contributed by atoms with E-state index >= 15 is 0 Å². The first kappa shape index (κ1) is 11.4. The first-order valence-electron chi connectivity index (χ1n) is 4.61. The Bertz CT molecular complexity index is 640. The Kier molecular flexibility index (Phi) is 2.99. The van der Waals surface area contributed by atoms with Crippen molar-refractivity contribution in [3.8, 4) is 5.95 Å². The van der Waals surface area contributed by atoms with Crippen molar-refractivity contribution in [1.82, 2.24) is 24.7 Å². The topological polar surface area (TPSA) is 88.0 Å². The number of fused-ring (bicyclic) bond motifs is 1. The molecule has 3 aromatic rings. The second-order valence-corrected chi connectivity index (χ2v) is 3.65. The number of rotatable bonds is 1. The number of hydrogen-bond donors (Lipinski definition) is 0. The van der Waals surface area contributed by atoms with E-state index in [0.29, 0.717) is 16.5 Å². The molecule has 0 saturated heterocycles. The Labute approximate surface area is 101 Å². The third-order valence-corrected chi connectivity index (χ3v) is 2.38. The lowest BCUT2D eigenvalue weighted by Crippen LogP contribution is -2.00. The first-order chi connectivity index (χ1) is 7.83. The third-order valence-electron chi connectivity index (χ3n) is 2.14. The molecule has 0 aliphatic rings. The quantitative estimate of drug-likeness (QED) is 0.645. The van der Waals surface area contributed by atoms with Gasteiger partial charge in [0.2, 0.25) is 0 Å². The summed E-state index contributed by atoms with van der Waals surface area (Å²) in [5, 5.41) is 8.67. The number of hydrogen-bond acceptors (Lipinski definition) is 4. The van der Waals surface area contributed by atoms with Gasteiger partial charge in [-0.2, -0.15) is 0 Å². The third kappa shape index (κ3) is 2.08. The van der Waals surface area contributed by atoms with E-state index in [2.05, 4.69) is 20.2 Å². The minimum atomic E-state index is 0. The molecule has 0 aliphatic carbocycles. The molecule has 0 unspecified atom stereocenters. The van der Waals surface area contributed by atoms with Crippen LogP contribution in [0.5, 0.6) is 0 Å². The molecule has 0 saturated carbocycles. The monoisotopic (exact) mass is 249 g/mol. The molecule has 0 atom stereocenters. The summed E-state index contributed by atoms with van der Waals surface area (Å²) in [5.74, 6) is 0.493. The molecule has 2 heterocycles. The SMILES string of the molecule is Clc1ccc2nc(-n3ccnc3)nnc2c1.O. The van der Waals surface area contributed by atoms with Gasteiger partial charge in [-0.3, -0.25) is 4.57 Å². The predicted molar refractivity (Wildman–Crippen MR) is 63.1 cm³/mol. The second kappa shape index (κ2) is 4.44. The fraction of sp³-hybridized carbons (Fsp3) is 0.